The van der Waals surface area contributed by atoms with Crippen LogP contribution in [0.25, 0.3) is 10.1 Å². The Hall–Kier alpha value is -1.46. The minimum Gasteiger partial charge on any atom is -0.388 e. The van der Waals surface area contributed by atoms with E-state index in [-0.39, 0.29) is 18.3 Å². The van der Waals surface area contributed by atoms with Crippen LogP contribution in [0.4, 0.5) is 4.39 Å². The summed E-state index contributed by atoms with van der Waals surface area (Å²) in [7, 11) is 0. The largest absolute Gasteiger partial charge is 0.388 e. The number of carbonyl (C=O) groups excluding carboxylic acids is 1. The molecule has 3 nitrogen and oxygen atoms in total. The van der Waals surface area contributed by atoms with Gasteiger partial charge in [0.1, 0.15) is 5.82 Å². The number of amides is 1. The molecule has 5 heteroatoms. The first-order valence-electron chi connectivity index (χ1n) is 7.18. The van der Waals surface area contributed by atoms with Crippen molar-refractivity contribution in [3.8, 4) is 0 Å². The number of hydrogen-bond acceptors (Lipinski definition) is 3. The normalized spacial score (nSPS) is 17.3. The summed E-state index contributed by atoms with van der Waals surface area (Å²) >= 11 is 1.36. The first-order valence-corrected chi connectivity index (χ1v) is 7.99. The number of hydrogen-bond donors (Lipinski definition) is 2. The average Bonchev–Trinajstić information content (AvgIpc) is 3.02. The fourth-order valence-corrected chi connectivity index (χ4v) is 4.05. The van der Waals surface area contributed by atoms with Gasteiger partial charge in [-0.1, -0.05) is 12.8 Å². The van der Waals surface area contributed by atoms with Crippen molar-refractivity contribution < 1.29 is 14.3 Å². The highest BCUT2D eigenvalue weighted by Gasteiger charge is 2.31. The smallest absolute Gasteiger partial charge is 0.261 e. The molecule has 0 bridgehead atoms. The van der Waals surface area contributed by atoms with Crippen LogP contribution < -0.4 is 5.32 Å². The molecule has 2 N–H and O–H groups in total. The number of thiophene rings is 1. The molecule has 3 rings (SSSR count). The van der Waals surface area contributed by atoms with Crippen LogP contribution in [0.5, 0.6) is 0 Å². The van der Waals surface area contributed by atoms with E-state index in [1.807, 2.05) is 6.92 Å². The molecule has 21 heavy (non-hydrogen) atoms. The maximum atomic E-state index is 13.3. The molecule has 1 fully saturated rings. The SMILES string of the molecule is Cc1c(C(=O)NCC2(O)CCCC2)sc2ccc(F)cc12. The molecular formula is C16H18FNO2S. The number of aliphatic hydroxyl groups is 1. The molecule has 0 saturated heterocycles. The molecule has 112 valence electrons. The maximum Gasteiger partial charge on any atom is 0.261 e. The Bertz CT molecular complexity index is 689. The summed E-state index contributed by atoms with van der Waals surface area (Å²) < 4.78 is 14.2. The van der Waals surface area contributed by atoms with Crippen LogP contribution >= 0.6 is 11.3 Å². The van der Waals surface area contributed by atoms with Crippen LogP contribution in [-0.4, -0.2) is 23.2 Å². The molecule has 0 atom stereocenters. The van der Waals surface area contributed by atoms with E-state index in [1.54, 1.807) is 6.07 Å². The lowest BCUT2D eigenvalue weighted by molar-refractivity contribution is 0.0450. The van der Waals surface area contributed by atoms with E-state index < -0.39 is 5.60 Å². The number of rotatable bonds is 3. The van der Waals surface area contributed by atoms with Gasteiger partial charge in [-0.3, -0.25) is 4.79 Å². The van der Waals surface area contributed by atoms with Crippen LogP contribution in [-0.2, 0) is 0 Å². The van der Waals surface area contributed by atoms with Crippen molar-refractivity contribution in [2.75, 3.05) is 6.54 Å². The standard InChI is InChI=1S/C16H18FNO2S/c1-10-12-8-11(17)4-5-13(12)21-14(10)15(19)18-9-16(20)6-2-3-7-16/h4-5,8,20H,2-3,6-7,9H2,1H3,(H,18,19). The van der Waals surface area contributed by atoms with Crippen molar-refractivity contribution in [2.24, 2.45) is 0 Å². The van der Waals surface area contributed by atoms with E-state index in [0.29, 0.717) is 4.88 Å². The van der Waals surface area contributed by atoms with Gasteiger partial charge in [-0.15, -0.1) is 11.3 Å². The van der Waals surface area contributed by atoms with Gasteiger partial charge in [-0.25, -0.2) is 4.39 Å². The molecular weight excluding hydrogens is 289 g/mol. The minimum atomic E-state index is -0.758. The molecule has 1 aromatic carbocycles. The van der Waals surface area contributed by atoms with Gasteiger partial charge in [0.2, 0.25) is 0 Å². The van der Waals surface area contributed by atoms with E-state index in [9.17, 15) is 14.3 Å². The van der Waals surface area contributed by atoms with E-state index in [4.69, 9.17) is 0 Å². The summed E-state index contributed by atoms with van der Waals surface area (Å²) in [5.74, 6) is -0.481. The highest BCUT2D eigenvalue weighted by Crippen LogP contribution is 2.32. The lowest BCUT2D eigenvalue weighted by Gasteiger charge is -2.22. The summed E-state index contributed by atoms with van der Waals surface area (Å²) in [6.45, 7) is 2.12. The van der Waals surface area contributed by atoms with Gasteiger partial charge < -0.3 is 10.4 Å². The summed E-state index contributed by atoms with van der Waals surface area (Å²) in [4.78, 5) is 12.9. The Morgan fingerprint density at radius 1 is 1.43 bits per heavy atom. The number of aryl methyl sites for hydroxylation is 1. The quantitative estimate of drug-likeness (QED) is 0.913. The Kier molecular flexibility index (Phi) is 3.71. The molecule has 0 radical (unpaired) electrons. The number of benzene rings is 1. The molecule has 1 aliphatic rings. The van der Waals surface area contributed by atoms with Crippen LogP contribution in [0.15, 0.2) is 18.2 Å². The zero-order valence-corrected chi connectivity index (χ0v) is 12.7. The topological polar surface area (TPSA) is 49.3 Å². The molecule has 1 heterocycles. The van der Waals surface area contributed by atoms with Crippen molar-refractivity contribution in [3.05, 3.63) is 34.5 Å². The van der Waals surface area contributed by atoms with Gasteiger partial charge in [0.05, 0.1) is 10.5 Å². The van der Waals surface area contributed by atoms with Crippen molar-refractivity contribution >= 4 is 27.3 Å². The minimum absolute atomic E-state index is 0.186. The zero-order valence-electron chi connectivity index (χ0n) is 11.9. The van der Waals surface area contributed by atoms with Gasteiger partial charge in [-0.2, -0.15) is 0 Å². The van der Waals surface area contributed by atoms with Crippen molar-refractivity contribution in [1.82, 2.24) is 5.32 Å². The highest BCUT2D eigenvalue weighted by molar-refractivity contribution is 7.21. The van der Waals surface area contributed by atoms with E-state index in [2.05, 4.69) is 5.32 Å². The van der Waals surface area contributed by atoms with Crippen LogP contribution in [0.2, 0.25) is 0 Å². The van der Waals surface area contributed by atoms with Crippen molar-refractivity contribution in [1.29, 1.82) is 0 Å². The van der Waals surface area contributed by atoms with E-state index >= 15 is 0 Å². The third-order valence-electron chi connectivity index (χ3n) is 4.22. The second-order valence-corrected chi connectivity index (χ2v) is 6.86. The summed E-state index contributed by atoms with van der Waals surface area (Å²) in [5.41, 5.74) is 0.0391. The van der Waals surface area contributed by atoms with Crippen LogP contribution in [0.3, 0.4) is 0 Å². The lowest BCUT2D eigenvalue weighted by Crippen LogP contribution is -2.40. The average molecular weight is 307 g/mol. The summed E-state index contributed by atoms with van der Waals surface area (Å²) in [6, 6.07) is 4.56. The van der Waals surface area contributed by atoms with Gasteiger partial charge in [0, 0.05) is 11.2 Å². The Balaban J connectivity index is 1.80. The number of carbonyl (C=O) groups is 1. The highest BCUT2D eigenvalue weighted by atomic mass is 32.1. The molecule has 2 aromatic rings. The number of nitrogens with one attached hydrogen (secondary N) is 1. The Labute approximate surface area is 126 Å². The fraction of sp³-hybridized carbons (Fsp3) is 0.438. The second kappa shape index (κ2) is 5.39. The van der Waals surface area contributed by atoms with Gasteiger partial charge >= 0.3 is 0 Å². The third kappa shape index (κ3) is 2.80. The van der Waals surface area contributed by atoms with Crippen LogP contribution in [0.1, 0.15) is 40.9 Å². The molecule has 1 amide bonds. The molecule has 1 aromatic heterocycles. The number of fused-ring (bicyclic) bond motifs is 1. The van der Waals surface area contributed by atoms with E-state index in [1.165, 1.54) is 23.5 Å². The molecule has 0 unspecified atom stereocenters. The van der Waals surface area contributed by atoms with Gasteiger partial charge in [0.25, 0.3) is 5.91 Å². The lowest BCUT2D eigenvalue weighted by atomic mass is 10.0. The monoisotopic (exact) mass is 307 g/mol. The predicted octanol–water partition coefficient (Wildman–Crippen LogP) is 3.38. The molecule has 0 aliphatic heterocycles. The van der Waals surface area contributed by atoms with E-state index in [0.717, 1.165) is 41.3 Å². The molecule has 1 saturated carbocycles. The van der Waals surface area contributed by atoms with Gasteiger partial charge in [-0.05, 0) is 48.9 Å². The summed E-state index contributed by atoms with van der Waals surface area (Å²) in [5, 5.41) is 13.9. The summed E-state index contributed by atoms with van der Waals surface area (Å²) in [6.07, 6.45) is 3.49. The van der Waals surface area contributed by atoms with Crippen molar-refractivity contribution in [3.63, 3.8) is 0 Å². The maximum absolute atomic E-state index is 13.3. The fourth-order valence-electron chi connectivity index (χ4n) is 2.94. The third-order valence-corrected chi connectivity index (χ3v) is 5.49. The Morgan fingerprint density at radius 3 is 2.86 bits per heavy atom. The zero-order chi connectivity index (χ0) is 15.0. The number of halogens is 1. The molecule has 0 spiro atoms. The van der Waals surface area contributed by atoms with Crippen LogP contribution in [0, 0.1) is 12.7 Å². The Morgan fingerprint density at radius 2 is 2.14 bits per heavy atom. The first kappa shape index (κ1) is 14.5. The molecule has 1 aliphatic carbocycles. The predicted molar refractivity (Wildman–Crippen MR) is 82.3 cm³/mol. The van der Waals surface area contributed by atoms with Gasteiger partial charge in [0.15, 0.2) is 0 Å². The van der Waals surface area contributed by atoms with Crippen molar-refractivity contribution in [2.45, 2.75) is 38.2 Å². The first-order chi connectivity index (χ1) is 9.98. The second-order valence-electron chi connectivity index (χ2n) is 5.81.